The molecule has 2 rings (SSSR count). The molecule has 2 heterocycles. The molecule has 0 fully saturated rings. The summed E-state index contributed by atoms with van der Waals surface area (Å²) in [6, 6.07) is 6.44. The molecule has 0 aliphatic rings. The first-order valence-corrected chi connectivity index (χ1v) is 6.51. The molecule has 6 heteroatoms. The minimum atomic E-state index is -1.39. The largest absolute Gasteiger partial charge is 0.420 e. The molecule has 0 aromatic carbocycles. The van der Waals surface area contributed by atoms with Crippen LogP contribution in [-0.4, -0.2) is 26.7 Å². The number of halogens is 1. The SMILES string of the molecule is CC(C)(Cn1cccc1)C(O)C(=O)Oc1cccnc1F. The van der Waals surface area contributed by atoms with Crippen molar-refractivity contribution in [1.82, 2.24) is 9.55 Å². The third kappa shape index (κ3) is 3.66. The summed E-state index contributed by atoms with van der Waals surface area (Å²) in [4.78, 5) is 15.3. The highest BCUT2D eigenvalue weighted by Crippen LogP contribution is 2.25. The van der Waals surface area contributed by atoms with Crippen molar-refractivity contribution in [2.24, 2.45) is 5.41 Å². The van der Waals surface area contributed by atoms with Crippen LogP contribution < -0.4 is 4.74 Å². The van der Waals surface area contributed by atoms with Crippen molar-refractivity contribution in [1.29, 1.82) is 0 Å². The van der Waals surface area contributed by atoms with E-state index < -0.39 is 23.4 Å². The van der Waals surface area contributed by atoms with Crippen molar-refractivity contribution < 1.29 is 19.0 Å². The average molecular weight is 292 g/mol. The predicted octanol–water partition coefficient (Wildman–Crippen LogP) is 2.01. The molecule has 0 spiro atoms. The van der Waals surface area contributed by atoms with Crippen LogP contribution in [0.4, 0.5) is 4.39 Å². The van der Waals surface area contributed by atoms with Crippen LogP contribution in [0.5, 0.6) is 5.75 Å². The third-order valence-electron chi connectivity index (χ3n) is 3.16. The number of esters is 1. The fourth-order valence-electron chi connectivity index (χ4n) is 1.96. The second kappa shape index (κ2) is 6.05. The molecule has 5 nitrogen and oxygen atoms in total. The summed E-state index contributed by atoms with van der Waals surface area (Å²) < 4.78 is 20.1. The molecule has 21 heavy (non-hydrogen) atoms. The minimum Gasteiger partial charge on any atom is -0.420 e. The van der Waals surface area contributed by atoms with E-state index in [1.54, 1.807) is 13.8 Å². The van der Waals surface area contributed by atoms with Crippen molar-refractivity contribution >= 4 is 5.97 Å². The zero-order valence-electron chi connectivity index (χ0n) is 11.9. The highest BCUT2D eigenvalue weighted by Gasteiger charge is 2.35. The zero-order chi connectivity index (χ0) is 15.5. The normalized spacial score (nSPS) is 13.0. The fraction of sp³-hybridized carbons (Fsp3) is 0.333. The molecule has 0 saturated heterocycles. The number of rotatable bonds is 5. The Morgan fingerprint density at radius 3 is 2.71 bits per heavy atom. The quantitative estimate of drug-likeness (QED) is 0.676. The van der Waals surface area contributed by atoms with Gasteiger partial charge in [0.2, 0.25) is 0 Å². The van der Waals surface area contributed by atoms with Gasteiger partial charge in [-0.2, -0.15) is 4.39 Å². The van der Waals surface area contributed by atoms with E-state index in [0.717, 1.165) is 0 Å². The molecular formula is C15H17FN2O3. The van der Waals surface area contributed by atoms with Gasteiger partial charge in [0.15, 0.2) is 11.9 Å². The van der Waals surface area contributed by atoms with Gasteiger partial charge in [0.1, 0.15) is 0 Å². The van der Waals surface area contributed by atoms with Crippen LogP contribution in [0.2, 0.25) is 0 Å². The fourth-order valence-corrected chi connectivity index (χ4v) is 1.96. The molecule has 2 aromatic heterocycles. The van der Waals surface area contributed by atoms with Crippen molar-refractivity contribution in [3.63, 3.8) is 0 Å². The third-order valence-corrected chi connectivity index (χ3v) is 3.16. The Morgan fingerprint density at radius 1 is 1.43 bits per heavy atom. The first-order valence-electron chi connectivity index (χ1n) is 6.51. The number of aromatic nitrogens is 2. The van der Waals surface area contributed by atoms with E-state index in [1.165, 1.54) is 18.3 Å². The number of aliphatic hydroxyl groups is 1. The van der Waals surface area contributed by atoms with Crippen LogP contribution in [0.15, 0.2) is 42.9 Å². The number of pyridine rings is 1. The molecule has 0 saturated carbocycles. The van der Waals surface area contributed by atoms with Gasteiger partial charge in [-0.1, -0.05) is 13.8 Å². The van der Waals surface area contributed by atoms with Gasteiger partial charge in [-0.25, -0.2) is 9.78 Å². The van der Waals surface area contributed by atoms with Crippen molar-refractivity contribution in [3.8, 4) is 5.75 Å². The van der Waals surface area contributed by atoms with Crippen LogP contribution in [0.25, 0.3) is 0 Å². The molecule has 1 N–H and O–H groups in total. The molecule has 0 bridgehead atoms. The maximum Gasteiger partial charge on any atom is 0.341 e. The van der Waals surface area contributed by atoms with E-state index in [4.69, 9.17) is 4.74 Å². The van der Waals surface area contributed by atoms with Gasteiger partial charge in [-0.05, 0) is 24.3 Å². The van der Waals surface area contributed by atoms with Gasteiger partial charge < -0.3 is 14.4 Å². The number of aliphatic hydroxyl groups excluding tert-OH is 1. The number of hydrogen-bond donors (Lipinski definition) is 1. The Bertz CT molecular complexity index is 611. The number of nitrogens with zero attached hydrogens (tertiary/aromatic N) is 2. The number of carbonyl (C=O) groups excluding carboxylic acids is 1. The van der Waals surface area contributed by atoms with Gasteiger partial charge in [0, 0.05) is 30.6 Å². The van der Waals surface area contributed by atoms with Gasteiger partial charge in [0.25, 0.3) is 5.95 Å². The van der Waals surface area contributed by atoms with E-state index in [-0.39, 0.29) is 5.75 Å². The standard InChI is InChI=1S/C15H17FN2O3/c1-15(2,10-18-8-3-4-9-18)12(19)14(20)21-11-6-5-7-17-13(11)16/h3-9,12,19H,10H2,1-2H3. The summed E-state index contributed by atoms with van der Waals surface area (Å²) in [6.07, 6.45) is 3.53. The summed E-state index contributed by atoms with van der Waals surface area (Å²) in [5, 5.41) is 10.2. The molecule has 0 aliphatic heterocycles. The second-order valence-corrected chi connectivity index (χ2v) is 5.46. The molecule has 2 aromatic rings. The highest BCUT2D eigenvalue weighted by atomic mass is 19.1. The summed E-state index contributed by atoms with van der Waals surface area (Å²) in [5.41, 5.74) is -0.769. The Kier molecular flexibility index (Phi) is 4.37. The smallest absolute Gasteiger partial charge is 0.341 e. The number of hydrogen-bond acceptors (Lipinski definition) is 4. The van der Waals surface area contributed by atoms with E-state index in [2.05, 4.69) is 4.98 Å². The number of carbonyl (C=O) groups is 1. The highest BCUT2D eigenvalue weighted by molar-refractivity contribution is 5.77. The first-order chi connectivity index (χ1) is 9.90. The van der Waals surface area contributed by atoms with E-state index in [9.17, 15) is 14.3 Å². The van der Waals surface area contributed by atoms with E-state index >= 15 is 0 Å². The molecule has 0 radical (unpaired) electrons. The maximum absolute atomic E-state index is 13.3. The molecule has 0 aliphatic carbocycles. The Balaban J connectivity index is 2.06. The van der Waals surface area contributed by atoms with Gasteiger partial charge in [0.05, 0.1) is 0 Å². The molecule has 1 unspecified atom stereocenters. The molecule has 1 atom stereocenters. The first kappa shape index (κ1) is 15.2. The van der Waals surface area contributed by atoms with Crippen LogP contribution in [0.1, 0.15) is 13.8 Å². The lowest BCUT2D eigenvalue weighted by Crippen LogP contribution is -2.41. The summed E-state index contributed by atoms with van der Waals surface area (Å²) >= 11 is 0. The summed E-state index contributed by atoms with van der Waals surface area (Å²) in [5.74, 6) is -2.08. The van der Waals surface area contributed by atoms with Crippen LogP contribution in [-0.2, 0) is 11.3 Å². The molecule has 112 valence electrons. The lowest BCUT2D eigenvalue weighted by atomic mass is 9.86. The molecule has 0 amide bonds. The topological polar surface area (TPSA) is 64.4 Å². The Hall–Kier alpha value is -2.21. The average Bonchev–Trinajstić information content (AvgIpc) is 2.92. The van der Waals surface area contributed by atoms with Crippen LogP contribution in [0.3, 0.4) is 0 Å². The zero-order valence-corrected chi connectivity index (χ0v) is 11.9. The van der Waals surface area contributed by atoms with Crippen LogP contribution >= 0.6 is 0 Å². The van der Waals surface area contributed by atoms with Gasteiger partial charge in [-0.3, -0.25) is 0 Å². The Morgan fingerprint density at radius 2 is 2.10 bits per heavy atom. The maximum atomic E-state index is 13.3. The van der Waals surface area contributed by atoms with E-state index in [1.807, 2.05) is 29.1 Å². The summed E-state index contributed by atoms with van der Waals surface area (Å²) in [6.45, 7) is 3.89. The van der Waals surface area contributed by atoms with Gasteiger partial charge >= 0.3 is 5.97 Å². The van der Waals surface area contributed by atoms with Gasteiger partial charge in [-0.15, -0.1) is 0 Å². The monoisotopic (exact) mass is 292 g/mol. The van der Waals surface area contributed by atoms with E-state index in [0.29, 0.717) is 6.54 Å². The summed E-state index contributed by atoms with van der Waals surface area (Å²) in [7, 11) is 0. The van der Waals surface area contributed by atoms with Crippen molar-refractivity contribution in [2.75, 3.05) is 0 Å². The predicted molar refractivity (Wildman–Crippen MR) is 74.0 cm³/mol. The lowest BCUT2D eigenvalue weighted by Gasteiger charge is -2.29. The minimum absolute atomic E-state index is 0.293. The molecular weight excluding hydrogens is 275 g/mol. The Labute approximate surface area is 122 Å². The second-order valence-electron chi connectivity index (χ2n) is 5.46. The van der Waals surface area contributed by atoms with Crippen molar-refractivity contribution in [3.05, 3.63) is 48.8 Å². The number of ether oxygens (including phenoxy) is 1. The lowest BCUT2D eigenvalue weighted by molar-refractivity contribution is -0.151. The van der Waals surface area contributed by atoms with Crippen molar-refractivity contribution in [2.45, 2.75) is 26.5 Å². The van der Waals surface area contributed by atoms with Crippen LogP contribution in [0, 0.1) is 11.4 Å².